The molecule has 0 bridgehead atoms. The van der Waals surface area contributed by atoms with Gasteiger partial charge >= 0.3 is 0 Å². The molecule has 0 radical (unpaired) electrons. The van der Waals surface area contributed by atoms with Crippen molar-refractivity contribution in [3.05, 3.63) is 5.56 Å². The molecule has 8 nitrogen and oxygen atoms in total. The van der Waals surface area contributed by atoms with Gasteiger partial charge in [-0.05, 0) is 0 Å². The molecule has 0 spiro atoms. The summed E-state index contributed by atoms with van der Waals surface area (Å²) in [7, 11) is 0. The van der Waals surface area contributed by atoms with Gasteiger partial charge in [-0.15, -0.1) is 0 Å². The summed E-state index contributed by atoms with van der Waals surface area (Å²) in [6.45, 7) is -0.146. The molecule has 0 saturated carbocycles. The van der Waals surface area contributed by atoms with Crippen molar-refractivity contribution in [1.82, 2.24) is 5.06 Å². The van der Waals surface area contributed by atoms with E-state index in [0.717, 1.165) is 5.06 Å². The molecule has 1 aromatic rings. The van der Waals surface area contributed by atoms with Crippen LogP contribution in [0.2, 0.25) is 0 Å². The Labute approximate surface area is 91.0 Å². The summed E-state index contributed by atoms with van der Waals surface area (Å²) in [4.78, 5) is 0. The number of anilines is 4. The largest absolute Gasteiger partial charge is 0.505 e. The van der Waals surface area contributed by atoms with E-state index in [2.05, 4.69) is 0 Å². The number of nitrogens with zero attached hydrogens (tertiary/aromatic N) is 2. The van der Waals surface area contributed by atoms with E-state index in [1.165, 1.54) is 0 Å². The first-order valence-electron chi connectivity index (χ1n) is 4.52. The molecule has 0 aromatic heterocycles. The minimum atomic E-state index is -0.278. The molecule has 1 aromatic carbocycles. The molecule has 0 saturated heterocycles. The Morgan fingerprint density at radius 1 is 1.00 bits per heavy atom. The highest BCUT2D eigenvalue weighted by atomic mass is 16.5. The maximum absolute atomic E-state index is 9.75. The van der Waals surface area contributed by atoms with Gasteiger partial charge in [-0.1, -0.05) is 0 Å². The number of aromatic hydroxyl groups is 1. The van der Waals surface area contributed by atoms with Gasteiger partial charge in [0.1, 0.15) is 12.4 Å². The molecule has 16 heavy (non-hydrogen) atoms. The molecular formula is C8H13N5O3. The van der Waals surface area contributed by atoms with Crippen molar-refractivity contribution < 1.29 is 15.5 Å². The van der Waals surface area contributed by atoms with Crippen molar-refractivity contribution in [3.63, 3.8) is 0 Å². The molecule has 8 heteroatoms. The van der Waals surface area contributed by atoms with Crippen molar-refractivity contribution in [3.8, 4) is 5.75 Å². The van der Waals surface area contributed by atoms with Gasteiger partial charge in [0.15, 0.2) is 0 Å². The van der Waals surface area contributed by atoms with E-state index < -0.39 is 0 Å². The first-order chi connectivity index (χ1) is 7.43. The van der Waals surface area contributed by atoms with Crippen LogP contribution >= 0.6 is 0 Å². The van der Waals surface area contributed by atoms with E-state index in [-0.39, 0.29) is 47.3 Å². The second-order valence-corrected chi connectivity index (χ2v) is 3.62. The SMILES string of the molecule is Nc1c(N)c(O)c2c(c1N)N(O)CN(O)C2. The standard InChI is InChI=1S/C8H13N5O3/c9-4-5(10)7-3(8(14)6(4)11)1-12(15)2-13(7)16/h14-16H,1-2,9-11H2. The summed E-state index contributed by atoms with van der Waals surface area (Å²) in [5.41, 5.74) is 17.3. The second kappa shape index (κ2) is 3.30. The summed E-state index contributed by atoms with van der Waals surface area (Å²) in [6, 6.07) is 0. The zero-order valence-electron chi connectivity index (χ0n) is 8.38. The topological polar surface area (TPSA) is 145 Å². The quantitative estimate of drug-likeness (QED) is 0.197. The lowest BCUT2D eigenvalue weighted by atomic mass is 10.0. The fourth-order valence-electron chi connectivity index (χ4n) is 1.74. The van der Waals surface area contributed by atoms with Crippen LogP contribution in [-0.4, -0.2) is 27.3 Å². The van der Waals surface area contributed by atoms with E-state index in [1.54, 1.807) is 0 Å². The molecule has 0 atom stereocenters. The lowest BCUT2D eigenvalue weighted by molar-refractivity contribution is -0.117. The lowest BCUT2D eigenvalue weighted by Gasteiger charge is -2.32. The highest BCUT2D eigenvalue weighted by Crippen LogP contribution is 2.45. The Morgan fingerprint density at radius 2 is 1.62 bits per heavy atom. The first kappa shape index (κ1) is 10.6. The number of benzene rings is 1. The van der Waals surface area contributed by atoms with Crippen molar-refractivity contribution in [2.45, 2.75) is 6.54 Å². The Balaban J connectivity index is 2.71. The monoisotopic (exact) mass is 227 g/mol. The van der Waals surface area contributed by atoms with E-state index >= 15 is 0 Å². The average molecular weight is 227 g/mol. The van der Waals surface area contributed by atoms with Crippen molar-refractivity contribution in [1.29, 1.82) is 0 Å². The third-order valence-electron chi connectivity index (χ3n) is 2.56. The number of fused-ring (bicyclic) bond motifs is 1. The van der Waals surface area contributed by atoms with Crippen molar-refractivity contribution >= 4 is 22.7 Å². The van der Waals surface area contributed by atoms with Gasteiger partial charge in [-0.3, -0.25) is 5.21 Å². The normalized spacial score (nSPS) is 16.2. The number of hydrogen-bond donors (Lipinski definition) is 6. The summed E-state index contributed by atoms with van der Waals surface area (Å²) in [5.74, 6) is -0.278. The minimum absolute atomic E-state index is 0.00685. The number of hydrogen-bond acceptors (Lipinski definition) is 8. The molecule has 0 fully saturated rings. The van der Waals surface area contributed by atoms with Gasteiger partial charge in [0, 0.05) is 5.56 Å². The number of phenols is 1. The van der Waals surface area contributed by atoms with E-state index in [4.69, 9.17) is 17.2 Å². The van der Waals surface area contributed by atoms with E-state index in [1.807, 2.05) is 0 Å². The van der Waals surface area contributed by atoms with Crippen LogP contribution in [0.15, 0.2) is 0 Å². The number of nitrogen functional groups attached to an aromatic ring is 3. The van der Waals surface area contributed by atoms with Crippen LogP contribution in [-0.2, 0) is 6.54 Å². The van der Waals surface area contributed by atoms with E-state index in [9.17, 15) is 15.5 Å². The molecule has 0 aliphatic carbocycles. The zero-order valence-corrected chi connectivity index (χ0v) is 8.38. The third-order valence-corrected chi connectivity index (χ3v) is 2.56. The van der Waals surface area contributed by atoms with Crippen LogP contribution in [0.5, 0.6) is 5.75 Å². The summed E-state index contributed by atoms with van der Waals surface area (Å²) >= 11 is 0. The summed E-state index contributed by atoms with van der Waals surface area (Å²) in [6.07, 6.45) is 0. The maximum atomic E-state index is 9.75. The molecule has 2 rings (SSSR count). The van der Waals surface area contributed by atoms with Crippen molar-refractivity contribution in [2.75, 3.05) is 28.9 Å². The average Bonchev–Trinajstić information content (AvgIpc) is 2.22. The Hall–Kier alpha value is -1.90. The van der Waals surface area contributed by atoms with Gasteiger partial charge in [0.2, 0.25) is 0 Å². The van der Waals surface area contributed by atoms with Gasteiger partial charge in [0.25, 0.3) is 0 Å². The maximum Gasteiger partial charge on any atom is 0.147 e. The predicted molar refractivity (Wildman–Crippen MR) is 57.8 cm³/mol. The molecule has 1 aliphatic heterocycles. The van der Waals surface area contributed by atoms with Crippen LogP contribution in [0, 0.1) is 0 Å². The summed E-state index contributed by atoms with van der Waals surface area (Å²) < 4.78 is 0. The second-order valence-electron chi connectivity index (χ2n) is 3.62. The molecule has 9 N–H and O–H groups in total. The first-order valence-corrected chi connectivity index (χ1v) is 4.52. The highest BCUT2D eigenvalue weighted by molar-refractivity contribution is 5.93. The summed E-state index contributed by atoms with van der Waals surface area (Å²) in [5, 5.41) is 30.2. The van der Waals surface area contributed by atoms with Crippen LogP contribution in [0.1, 0.15) is 5.56 Å². The van der Waals surface area contributed by atoms with Crippen LogP contribution < -0.4 is 22.3 Å². The van der Waals surface area contributed by atoms with Crippen LogP contribution in [0.4, 0.5) is 22.7 Å². The number of hydroxylamine groups is 3. The van der Waals surface area contributed by atoms with Crippen LogP contribution in [0.3, 0.4) is 0 Å². The molecular weight excluding hydrogens is 214 g/mol. The van der Waals surface area contributed by atoms with Gasteiger partial charge in [0.05, 0.1) is 29.3 Å². The molecule has 0 unspecified atom stereocenters. The molecule has 1 heterocycles. The Bertz CT molecular complexity index is 450. The number of phenolic OH excluding ortho intramolecular Hbond substituents is 1. The Morgan fingerprint density at radius 3 is 2.25 bits per heavy atom. The zero-order chi connectivity index (χ0) is 12.0. The highest BCUT2D eigenvalue weighted by Gasteiger charge is 2.28. The lowest BCUT2D eigenvalue weighted by Crippen LogP contribution is -2.39. The van der Waals surface area contributed by atoms with Crippen molar-refractivity contribution in [2.24, 2.45) is 0 Å². The molecule has 1 aliphatic rings. The minimum Gasteiger partial charge on any atom is -0.505 e. The van der Waals surface area contributed by atoms with Gasteiger partial charge < -0.3 is 27.5 Å². The van der Waals surface area contributed by atoms with Gasteiger partial charge in [-0.2, -0.15) is 5.06 Å². The third kappa shape index (κ3) is 1.28. The number of rotatable bonds is 0. The van der Waals surface area contributed by atoms with Gasteiger partial charge in [-0.25, -0.2) is 5.06 Å². The molecule has 88 valence electrons. The Kier molecular flexibility index (Phi) is 2.19. The predicted octanol–water partition coefficient (Wildman–Crippen LogP) is -0.503. The fourth-order valence-corrected chi connectivity index (χ4v) is 1.74. The smallest absolute Gasteiger partial charge is 0.147 e. The fraction of sp³-hybridized carbons (Fsp3) is 0.250. The molecule has 0 amide bonds. The van der Waals surface area contributed by atoms with E-state index in [0.29, 0.717) is 5.06 Å². The number of nitrogens with two attached hydrogens (primary N) is 3. The van der Waals surface area contributed by atoms with Crippen LogP contribution in [0.25, 0.3) is 0 Å².